The molecule has 0 bridgehead atoms. The highest BCUT2D eigenvalue weighted by Gasteiger charge is 2.24. The zero-order valence-corrected chi connectivity index (χ0v) is 11.1. The van der Waals surface area contributed by atoms with Gasteiger partial charge in [0.1, 0.15) is 0 Å². The Hall–Kier alpha value is -0.200. The molecule has 1 heterocycles. The molecule has 1 unspecified atom stereocenters. The summed E-state index contributed by atoms with van der Waals surface area (Å²) in [4.78, 5) is 2.12. The van der Waals surface area contributed by atoms with E-state index >= 15 is 0 Å². The van der Waals surface area contributed by atoms with Gasteiger partial charge in [0.25, 0.3) is 0 Å². The Balaban J connectivity index is 2.31. The van der Waals surface area contributed by atoms with Crippen molar-refractivity contribution in [1.82, 2.24) is 10.2 Å². The lowest BCUT2D eigenvalue weighted by Gasteiger charge is -2.36. The van der Waals surface area contributed by atoms with Crippen molar-refractivity contribution in [3.05, 3.63) is 0 Å². The zero-order valence-electron chi connectivity index (χ0n) is 11.1. The summed E-state index contributed by atoms with van der Waals surface area (Å²) in [5.41, 5.74) is -0.221. The van der Waals surface area contributed by atoms with E-state index in [1.807, 2.05) is 20.8 Å². The van der Waals surface area contributed by atoms with Gasteiger partial charge in [-0.1, -0.05) is 0 Å². The van der Waals surface area contributed by atoms with E-state index in [9.17, 15) is 10.2 Å². The lowest BCUT2D eigenvalue weighted by molar-refractivity contribution is -0.0619. The van der Waals surface area contributed by atoms with Gasteiger partial charge < -0.3 is 20.3 Å². The Kier molecular flexibility index (Phi) is 5.82. The van der Waals surface area contributed by atoms with Crippen LogP contribution in [-0.4, -0.2) is 72.3 Å². The summed E-state index contributed by atoms with van der Waals surface area (Å²) >= 11 is 0. The van der Waals surface area contributed by atoms with Gasteiger partial charge in [-0.25, -0.2) is 0 Å². The van der Waals surface area contributed by atoms with Crippen molar-refractivity contribution in [1.29, 1.82) is 0 Å². The van der Waals surface area contributed by atoms with Gasteiger partial charge >= 0.3 is 0 Å². The minimum atomic E-state index is -0.499. The fourth-order valence-corrected chi connectivity index (χ4v) is 1.89. The fourth-order valence-electron chi connectivity index (χ4n) is 1.89. The van der Waals surface area contributed by atoms with Crippen molar-refractivity contribution < 1.29 is 14.9 Å². The third-order valence-corrected chi connectivity index (χ3v) is 2.84. The van der Waals surface area contributed by atoms with Crippen LogP contribution in [0.3, 0.4) is 0 Å². The maximum absolute atomic E-state index is 9.91. The second-order valence-corrected chi connectivity index (χ2v) is 5.61. The molecule has 5 nitrogen and oxygen atoms in total. The third-order valence-electron chi connectivity index (χ3n) is 2.84. The predicted octanol–water partition coefficient (Wildman–Crippen LogP) is -0.571. The molecule has 2 atom stereocenters. The van der Waals surface area contributed by atoms with Crippen LogP contribution in [0.25, 0.3) is 0 Å². The van der Waals surface area contributed by atoms with E-state index in [4.69, 9.17) is 4.74 Å². The first-order valence-electron chi connectivity index (χ1n) is 6.30. The molecule has 0 spiro atoms. The van der Waals surface area contributed by atoms with Crippen LogP contribution in [0.15, 0.2) is 0 Å². The number of aliphatic hydroxyl groups excluding tert-OH is 2. The highest BCUT2D eigenvalue weighted by molar-refractivity contribution is 4.80. The summed E-state index contributed by atoms with van der Waals surface area (Å²) < 4.78 is 5.55. The molecule has 5 heteroatoms. The van der Waals surface area contributed by atoms with Crippen LogP contribution in [0.4, 0.5) is 0 Å². The Morgan fingerprint density at radius 2 is 2.18 bits per heavy atom. The van der Waals surface area contributed by atoms with Crippen molar-refractivity contribution in [2.24, 2.45) is 0 Å². The van der Waals surface area contributed by atoms with E-state index < -0.39 is 6.10 Å². The summed E-state index contributed by atoms with van der Waals surface area (Å²) in [5, 5.41) is 22.4. The molecule has 1 rings (SSSR count). The number of ether oxygens (including phenoxy) is 1. The molecule has 0 aromatic heterocycles. The van der Waals surface area contributed by atoms with Gasteiger partial charge in [0, 0.05) is 32.2 Å². The Labute approximate surface area is 104 Å². The van der Waals surface area contributed by atoms with Crippen molar-refractivity contribution in [3.63, 3.8) is 0 Å². The Morgan fingerprint density at radius 1 is 1.47 bits per heavy atom. The lowest BCUT2D eigenvalue weighted by atomic mass is 10.1. The maximum Gasteiger partial charge on any atom is 0.0900 e. The van der Waals surface area contributed by atoms with E-state index in [1.165, 1.54) is 0 Å². The number of rotatable bonds is 5. The molecule has 1 aliphatic rings. The number of nitrogens with one attached hydrogen (secondary N) is 1. The zero-order chi connectivity index (χ0) is 12.9. The molecule has 1 fully saturated rings. The Bertz CT molecular complexity index is 218. The molecule has 102 valence electrons. The molecule has 0 saturated carbocycles. The van der Waals surface area contributed by atoms with E-state index in [2.05, 4.69) is 10.2 Å². The first-order chi connectivity index (χ1) is 7.92. The normalized spacial score (nSPS) is 24.9. The first-order valence-corrected chi connectivity index (χ1v) is 6.30. The van der Waals surface area contributed by atoms with Crippen LogP contribution in [-0.2, 0) is 4.74 Å². The average molecular weight is 246 g/mol. The number of aliphatic hydroxyl groups is 2. The van der Waals surface area contributed by atoms with Gasteiger partial charge in [0.05, 0.1) is 24.9 Å². The molecule has 0 amide bonds. The minimum absolute atomic E-state index is 0.105. The molecular formula is C12H26N2O3. The van der Waals surface area contributed by atoms with E-state index in [1.54, 1.807) is 0 Å². The van der Waals surface area contributed by atoms with Crippen LogP contribution in [0.5, 0.6) is 0 Å². The number of nitrogens with zero attached hydrogens (tertiary/aromatic N) is 1. The quantitative estimate of drug-likeness (QED) is 0.606. The molecule has 3 N–H and O–H groups in total. The summed E-state index contributed by atoms with van der Waals surface area (Å²) in [6, 6.07) is 0.105. The monoisotopic (exact) mass is 246 g/mol. The number of piperazine rings is 1. The molecular weight excluding hydrogens is 220 g/mol. The second-order valence-electron chi connectivity index (χ2n) is 5.61. The van der Waals surface area contributed by atoms with Crippen molar-refractivity contribution in [2.75, 3.05) is 39.4 Å². The van der Waals surface area contributed by atoms with Gasteiger partial charge in [-0.05, 0) is 20.8 Å². The molecule has 1 aliphatic heterocycles. The van der Waals surface area contributed by atoms with Crippen LogP contribution in [0.1, 0.15) is 20.8 Å². The van der Waals surface area contributed by atoms with Crippen LogP contribution < -0.4 is 5.32 Å². The maximum atomic E-state index is 9.91. The van der Waals surface area contributed by atoms with E-state index in [0.717, 1.165) is 19.6 Å². The third kappa shape index (κ3) is 5.79. The van der Waals surface area contributed by atoms with Gasteiger partial charge in [-0.2, -0.15) is 0 Å². The number of hydrogen-bond donors (Lipinski definition) is 3. The first kappa shape index (κ1) is 14.9. The smallest absolute Gasteiger partial charge is 0.0900 e. The largest absolute Gasteiger partial charge is 0.395 e. The number of β-amino-alcohol motifs (C(OH)–C–C–N with tert-alkyl or cyclic N) is 1. The SMILES string of the molecule is CC(C)(C)OCC(O)CN1CCNC[C@H]1CO. The highest BCUT2D eigenvalue weighted by Crippen LogP contribution is 2.09. The van der Waals surface area contributed by atoms with Gasteiger partial charge in [-0.3, -0.25) is 4.90 Å². The average Bonchev–Trinajstić information content (AvgIpc) is 2.26. The van der Waals surface area contributed by atoms with Crippen LogP contribution >= 0.6 is 0 Å². The van der Waals surface area contributed by atoms with Gasteiger partial charge in [0.15, 0.2) is 0 Å². The molecule has 0 radical (unpaired) electrons. The standard InChI is InChI=1S/C12H26N2O3/c1-12(2,3)17-9-11(16)7-14-5-4-13-6-10(14)8-15/h10-11,13,15-16H,4-9H2,1-3H3/t10-,11?/m0/s1. The lowest BCUT2D eigenvalue weighted by Crippen LogP contribution is -2.55. The second kappa shape index (κ2) is 6.66. The van der Waals surface area contributed by atoms with Crippen molar-refractivity contribution in [2.45, 2.75) is 38.5 Å². The van der Waals surface area contributed by atoms with Gasteiger partial charge in [-0.15, -0.1) is 0 Å². The summed E-state index contributed by atoms with van der Waals surface area (Å²) in [5.74, 6) is 0. The Morgan fingerprint density at radius 3 is 2.76 bits per heavy atom. The highest BCUT2D eigenvalue weighted by atomic mass is 16.5. The van der Waals surface area contributed by atoms with Crippen LogP contribution in [0, 0.1) is 0 Å². The summed E-state index contributed by atoms with van der Waals surface area (Å²) in [7, 11) is 0. The predicted molar refractivity (Wildman–Crippen MR) is 67.0 cm³/mol. The molecule has 1 saturated heterocycles. The molecule has 17 heavy (non-hydrogen) atoms. The topological polar surface area (TPSA) is 65.0 Å². The molecule has 0 aromatic rings. The number of hydrogen-bond acceptors (Lipinski definition) is 5. The van der Waals surface area contributed by atoms with Gasteiger partial charge in [0.2, 0.25) is 0 Å². The van der Waals surface area contributed by atoms with Crippen molar-refractivity contribution in [3.8, 4) is 0 Å². The molecule has 0 aliphatic carbocycles. The summed E-state index contributed by atoms with van der Waals surface area (Å²) in [6.45, 7) is 9.49. The summed E-state index contributed by atoms with van der Waals surface area (Å²) in [6.07, 6.45) is -0.499. The van der Waals surface area contributed by atoms with Crippen LogP contribution in [0.2, 0.25) is 0 Å². The van der Waals surface area contributed by atoms with E-state index in [-0.39, 0.29) is 18.2 Å². The van der Waals surface area contributed by atoms with Crippen molar-refractivity contribution >= 4 is 0 Å². The minimum Gasteiger partial charge on any atom is -0.395 e. The van der Waals surface area contributed by atoms with E-state index in [0.29, 0.717) is 13.2 Å². The fraction of sp³-hybridized carbons (Fsp3) is 1.00. The molecule has 0 aromatic carbocycles.